The summed E-state index contributed by atoms with van der Waals surface area (Å²) in [6.45, 7) is 0. The first kappa shape index (κ1) is 19.1. The smallest absolute Gasteiger partial charge is 0.174 e. The average Bonchev–Trinajstić information content (AvgIpc) is 3.40. The van der Waals surface area contributed by atoms with Gasteiger partial charge in [0.2, 0.25) is 0 Å². The molecule has 6 nitrogen and oxygen atoms in total. The Morgan fingerprint density at radius 3 is 2.21 bits per heavy atom. The molecule has 0 bridgehead atoms. The van der Waals surface area contributed by atoms with Crippen LogP contribution in [-0.4, -0.2) is 35.3 Å². The number of hydrogen-bond acceptors (Lipinski definition) is 4. The number of imidazole rings is 1. The summed E-state index contributed by atoms with van der Waals surface area (Å²) in [5.74, 6) is 1.35. The number of hydrogen-bond donors (Lipinski definition) is 1. The van der Waals surface area contributed by atoms with E-state index in [0.717, 1.165) is 22.3 Å². The van der Waals surface area contributed by atoms with E-state index in [4.69, 9.17) is 23.2 Å². The normalized spacial score (nSPS) is 10.6. The molecule has 0 aliphatic rings. The molecule has 144 valence electrons. The molecule has 0 spiro atoms. The predicted molar refractivity (Wildman–Crippen MR) is 116 cm³/mol. The molecule has 3 aromatic heterocycles. The molecule has 0 amide bonds. The Bertz CT molecular complexity index is 1170. The van der Waals surface area contributed by atoms with Crippen LogP contribution in [0.3, 0.4) is 0 Å². The van der Waals surface area contributed by atoms with Crippen molar-refractivity contribution >= 4 is 34.2 Å². The Kier molecular flexibility index (Phi) is 5.84. The maximum absolute atomic E-state index is 4.76. The maximum atomic E-state index is 4.76. The first-order valence-corrected chi connectivity index (χ1v) is 9.88. The molecule has 0 saturated carbocycles. The first-order chi connectivity index (χ1) is 14.3. The van der Waals surface area contributed by atoms with Crippen molar-refractivity contribution in [3.05, 3.63) is 79.0 Å². The third-order valence-corrected chi connectivity index (χ3v) is 4.13. The van der Waals surface area contributed by atoms with Gasteiger partial charge >= 0.3 is 0 Å². The lowest BCUT2D eigenvalue weighted by Crippen LogP contribution is -2.01. The first-order valence-electron chi connectivity index (χ1n) is 8.81. The van der Waals surface area contributed by atoms with Crippen molar-refractivity contribution in [2.45, 2.75) is 0 Å². The highest BCUT2D eigenvalue weighted by Crippen LogP contribution is 2.29. The van der Waals surface area contributed by atoms with Crippen molar-refractivity contribution in [2.24, 2.45) is 0 Å². The SMILES string of the molecule is ClCCl.c1ccc(-c2nn(-c3ccccn3)nc2-c2nc3ccccc3[nH]2)cc1. The van der Waals surface area contributed by atoms with Crippen LogP contribution in [0.2, 0.25) is 0 Å². The average molecular weight is 423 g/mol. The molecular weight excluding hydrogens is 407 g/mol. The summed E-state index contributed by atoms with van der Waals surface area (Å²) in [7, 11) is 0. The number of alkyl halides is 2. The van der Waals surface area contributed by atoms with Crippen LogP contribution in [0.15, 0.2) is 79.0 Å². The van der Waals surface area contributed by atoms with Crippen LogP contribution in [0.1, 0.15) is 0 Å². The van der Waals surface area contributed by atoms with Gasteiger partial charge in [0.05, 0.1) is 16.4 Å². The standard InChI is InChI=1S/C20H14N6.CH2Cl2/c1-2-8-14(9-3-1)18-19(20-22-15-10-4-5-11-16(15)23-20)25-26(24-18)17-12-6-7-13-21-17;2-1-3/h1-13H,(H,22,23);1H2. The van der Waals surface area contributed by atoms with E-state index in [0.29, 0.717) is 17.3 Å². The molecule has 3 heterocycles. The van der Waals surface area contributed by atoms with Gasteiger partial charge in [0, 0.05) is 11.8 Å². The van der Waals surface area contributed by atoms with Crippen LogP contribution in [0.25, 0.3) is 39.6 Å². The Hall–Kier alpha value is -3.22. The van der Waals surface area contributed by atoms with Gasteiger partial charge < -0.3 is 4.98 Å². The molecule has 1 N–H and O–H groups in total. The number of halogens is 2. The van der Waals surface area contributed by atoms with Crippen molar-refractivity contribution < 1.29 is 0 Å². The quantitative estimate of drug-likeness (QED) is 0.400. The summed E-state index contributed by atoms with van der Waals surface area (Å²) in [5.41, 5.74) is 4.29. The summed E-state index contributed by atoms with van der Waals surface area (Å²) < 4.78 is 0. The molecule has 0 aliphatic heterocycles. The minimum Gasteiger partial charge on any atom is -0.337 e. The lowest BCUT2D eigenvalue weighted by Gasteiger charge is -1.97. The number of aromatic nitrogens is 6. The lowest BCUT2D eigenvalue weighted by molar-refractivity contribution is 0.732. The highest BCUT2D eigenvalue weighted by Gasteiger charge is 2.19. The van der Waals surface area contributed by atoms with E-state index >= 15 is 0 Å². The number of nitrogens with zero attached hydrogens (tertiary/aromatic N) is 5. The summed E-state index contributed by atoms with van der Waals surface area (Å²) >= 11 is 9.53. The van der Waals surface area contributed by atoms with E-state index < -0.39 is 0 Å². The monoisotopic (exact) mass is 422 g/mol. The van der Waals surface area contributed by atoms with Gasteiger partial charge in [-0.1, -0.05) is 48.5 Å². The Balaban J connectivity index is 0.000000645. The number of nitrogens with one attached hydrogen (secondary N) is 1. The van der Waals surface area contributed by atoms with Gasteiger partial charge in [0.15, 0.2) is 17.3 Å². The predicted octanol–water partition coefficient (Wildman–Crippen LogP) is 5.29. The van der Waals surface area contributed by atoms with Crippen molar-refractivity contribution in [1.82, 2.24) is 29.9 Å². The Morgan fingerprint density at radius 1 is 0.793 bits per heavy atom. The van der Waals surface area contributed by atoms with Crippen LogP contribution in [-0.2, 0) is 0 Å². The van der Waals surface area contributed by atoms with Gasteiger partial charge in [-0.25, -0.2) is 9.97 Å². The van der Waals surface area contributed by atoms with E-state index in [1.54, 1.807) is 11.0 Å². The molecule has 5 aromatic rings. The summed E-state index contributed by atoms with van der Waals surface area (Å²) in [4.78, 5) is 13.9. The van der Waals surface area contributed by atoms with Crippen LogP contribution >= 0.6 is 23.2 Å². The third-order valence-electron chi connectivity index (χ3n) is 4.13. The molecule has 0 atom stereocenters. The van der Waals surface area contributed by atoms with Crippen molar-refractivity contribution in [3.63, 3.8) is 0 Å². The minimum absolute atomic E-state index is 0.194. The second kappa shape index (κ2) is 8.86. The van der Waals surface area contributed by atoms with Gasteiger partial charge in [-0.15, -0.1) is 38.2 Å². The fraction of sp³-hybridized carbons (Fsp3) is 0.0476. The largest absolute Gasteiger partial charge is 0.337 e. The third kappa shape index (κ3) is 4.13. The second-order valence-electron chi connectivity index (χ2n) is 5.94. The Morgan fingerprint density at radius 2 is 1.48 bits per heavy atom. The van der Waals surface area contributed by atoms with Crippen LogP contribution in [0.5, 0.6) is 0 Å². The highest BCUT2D eigenvalue weighted by molar-refractivity contribution is 6.40. The van der Waals surface area contributed by atoms with Crippen molar-refractivity contribution in [3.8, 4) is 28.6 Å². The molecule has 5 rings (SSSR count). The lowest BCUT2D eigenvalue weighted by atomic mass is 10.1. The molecule has 0 fully saturated rings. The van der Waals surface area contributed by atoms with Gasteiger partial charge in [0.25, 0.3) is 0 Å². The molecule has 0 aliphatic carbocycles. The summed E-state index contributed by atoms with van der Waals surface area (Å²) in [6, 6.07) is 23.5. The summed E-state index contributed by atoms with van der Waals surface area (Å²) in [5, 5.41) is 9.55. The van der Waals surface area contributed by atoms with E-state index in [1.807, 2.05) is 72.8 Å². The van der Waals surface area contributed by atoms with Crippen LogP contribution in [0.4, 0.5) is 0 Å². The van der Waals surface area contributed by atoms with Crippen LogP contribution in [0, 0.1) is 0 Å². The number of rotatable bonds is 3. The zero-order chi connectivity index (χ0) is 20.1. The van der Waals surface area contributed by atoms with E-state index in [1.165, 1.54) is 0 Å². The van der Waals surface area contributed by atoms with Gasteiger partial charge in [-0.05, 0) is 24.3 Å². The van der Waals surface area contributed by atoms with Gasteiger partial charge in [0.1, 0.15) is 5.69 Å². The fourth-order valence-corrected chi connectivity index (χ4v) is 2.90. The molecule has 0 unspecified atom stereocenters. The molecule has 0 saturated heterocycles. The number of pyridine rings is 1. The van der Waals surface area contributed by atoms with Gasteiger partial charge in [-0.2, -0.15) is 0 Å². The summed E-state index contributed by atoms with van der Waals surface area (Å²) in [6.07, 6.45) is 1.72. The molecule has 0 radical (unpaired) electrons. The topological polar surface area (TPSA) is 72.3 Å². The number of benzene rings is 2. The molecule has 2 aromatic carbocycles. The van der Waals surface area contributed by atoms with Gasteiger partial charge in [-0.3, -0.25) is 0 Å². The van der Waals surface area contributed by atoms with E-state index in [2.05, 4.69) is 25.1 Å². The molecule has 29 heavy (non-hydrogen) atoms. The number of para-hydroxylation sites is 2. The molecule has 8 heteroatoms. The fourth-order valence-electron chi connectivity index (χ4n) is 2.90. The number of aromatic amines is 1. The van der Waals surface area contributed by atoms with Crippen molar-refractivity contribution in [2.75, 3.05) is 5.34 Å². The molecular formula is C21H16Cl2N6. The zero-order valence-corrected chi connectivity index (χ0v) is 16.7. The van der Waals surface area contributed by atoms with Crippen LogP contribution < -0.4 is 0 Å². The Labute approximate surface area is 177 Å². The minimum atomic E-state index is 0.194. The zero-order valence-electron chi connectivity index (χ0n) is 15.2. The van der Waals surface area contributed by atoms with Crippen molar-refractivity contribution in [1.29, 1.82) is 0 Å². The number of H-pyrrole nitrogens is 1. The van der Waals surface area contributed by atoms with E-state index in [-0.39, 0.29) is 5.34 Å². The van der Waals surface area contributed by atoms with E-state index in [9.17, 15) is 0 Å². The maximum Gasteiger partial charge on any atom is 0.174 e. The highest BCUT2D eigenvalue weighted by atomic mass is 35.5. The number of fused-ring (bicyclic) bond motifs is 1. The second-order valence-corrected chi connectivity index (χ2v) is 6.75.